The smallest absolute Gasteiger partial charge is 0.219 e. The number of aryl methyl sites for hydroxylation is 1. The molecule has 2 rings (SSSR count). The van der Waals surface area contributed by atoms with E-state index in [9.17, 15) is 0 Å². The lowest BCUT2D eigenvalue weighted by Gasteiger charge is -2.20. The minimum absolute atomic E-state index is 0.556. The predicted molar refractivity (Wildman–Crippen MR) is 57.8 cm³/mol. The van der Waals surface area contributed by atoms with Crippen molar-refractivity contribution in [2.45, 2.75) is 44.9 Å². The van der Waals surface area contributed by atoms with Crippen molar-refractivity contribution in [2.24, 2.45) is 0 Å². The molecular formula is C11H19N3O. The molecule has 1 N–H and O–H groups in total. The van der Waals surface area contributed by atoms with E-state index in [1.807, 2.05) is 0 Å². The number of nitrogens with zero attached hydrogens (tertiary/aromatic N) is 2. The summed E-state index contributed by atoms with van der Waals surface area (Å²) in [6.07, 6.45) is 5.72. The van der Waals surface area contributed by atoms with E-state index in [1.165, 1.54) is 19.3 Å². The van der Waals surface area contributed by atoms with Gasteiger partial charge in [0, 0.05) is 12.3 Å². The summed E-state index contributed by atoms with van der Waals surface area (Å²) in [6.45, 7) is 4.16. The van der Waals surface area contributed by atoms with Crippen LogP contribution in [0.4, 0.5) is 0 Å². The molecule has 84 valence electrons. The molecule has 1 aliphatic carbocycles. The molecule has 4 heteroatoms. The number of hydrogen-bond acceptors (Lipinski definition) is 4. The quantitative estimate of drug-likeness (QED) is 0.727. The maximum absolute atomic E-state index is 5.62. The van der Waals surface area contributed by atoms with Crippen LogP contribution in [0.2, 0.25) is 0 Å². The Morgan fingerprint density at radius 1 is 1.40 bits per heavy atom. The highest BCUT2D eigenvalue weighted by atomic mass is 16.4. The predicted octanol–water partition coefficient (Wildman–Crippen LogP) is 1.88. The number of rotatable bonds is 6. The standard InChI is InChI=1S/C11H19N3O/c1-2-12-8-4-7-10-13-14-11(15-10)9-5-3-6-9/h9,12H,2-8H2,1H3. The van der Waals surface area contributed by atoms with Crippen molar-refractivity contribution in [3.8, 4) is 0 Å². The van der Waals surface area contributed by atoms with Crippen molar-refractivity contribution in [3.63, 3.8) is 0 Å². The van der Waals surface area contributed by atoms with Gasteiger partial charge < -0.3 is 9.73 Å². The van der Waals surface area contributed by atoms with E-state index in [2.05, 4.69) is 22.4 Å². The summed E-state index contributed by atoms with van der Waals surface area (Å²) in [4.78, 5) is 0. The van der Waals surface area contributed by atoms with Gasteiger partial charge >= 0.3 is 0 Å². The van der Waals surface area contributed by atoms with Gasteiger partial charge in [-0.3, -0.25) is 0 Å². The van der Waals surface area contributed by atoms with E-state index in [4.69, 9.17) is 4.42 Å². The van der Waals surface area contributed by atoms with Gasteiger partial charge in [0.2, 0.25) is 11.8 Å². The molecule has 0 aliphatic heterocycles. The van der Waals surface area contributed by atoms with Crippen molar-refractivity contribution in [1.29, 1.82) is 0 Å². The Morgan fingerprint density at radius 2 is 2.27 bits per heavy atom. The van der Waals surface area contributed by atoms with Crippen molar-refractivity contribution < 1.29 is 4.42 Å². The molecule has 1 fully saturated rings. The highest BCUT2D eigenvalue weighted by Gasteiger charge is 2.24. The van der Waals surface area contributed by atoms with Gasteiger partial charge in [-0.1, -0.05) is 13.3 Å². The first-order chi connectivity index (χ1) is 7.40. The Balaban J connectivity index is 1.74. The maximum atomic E-state index is 5.62. The molecule has 4 nitrogen and oxygen atoms in total. The van der Waals surface area contributed by atoms with Gasteiger partial charge in [0.1, 0.15) is 0 Å². The van der Waals surface area contributed by atoms with E-state index >= 15 is 0 Å². The van der Waals surface area contributed by atoms with E-state index in [0.717, 1.165) is 37.7 Å². The molecule has 0 amide bonds. The fourth-order valence-corrected chi connectivity index (χ4v) is 1.73. The van der Waals surface area contributed by atoms with Crippen molar-refractivity contribution >= 4 is 0 Å². The van der Waals surface area contributed by atoms with E-state index in [-0.39, 0.29) is 0 Å². The molecule has 1 heterocycles. The van der Waals surface area contributed by atoms with Gasteiger partial charge in [-0.15, -0.1) is 10.2 Å². The van der Waals surface area contributed by atoms with Crippen molar-refractivity contribution in [2.75, 3.05) is 13.1 Å². The zero-order valence-electron chi connectivity index (χ0n) is 9.33. The Labute approximate surface area is 90.5 Å². The Hall–Kier alpha value is -0.900. The Morgan fingerprint density at radius 3 is 2.93 bits per heavy atom. The zero-order chi connectivity index (χ0) is 10.5. The lowest BCUT2D eigenvalue weighted by molar-refractivity contribution is 0.324. The lowest BCUT2D eigenvalue weighted by atomic mass is 9.85. The molecule has 0 spiro atoms. The molecular weight excluding hydrogens is 190 g/mol. The summed E-state index contributed by atoms with van der Waals surface area (Å²) >= 11 is 0. The largest absolute Gasteiger partial charge is 0.425 e. The fourth-order valence-electron chi connectivity index (χ4n) is 1.73. The van der Waals surface area contributed by atoms with Gasteiger partial charge in [0.25, 0.3) is 0 Å². The molecule has 0 atom stereocenters. The first-order valence-electron chi connectivity index (χ1n) is 5.93. The first-order valence-corrected chi connectivity index (χ1v) is 5.93. The first kappa shape index (κ1) is 10.6. The summed E-state index contributed by atoms with van der Waals surface area (Å²) in [5.41, 5.74) is 0. The minimum Gasteiger partial charge on any atom is -0.425 e. The van der Waals surface area contributed by atoms with Crippen LogP contribution in [0.25, 0.3) is 0 Å². The van der Waals surface area contributed by atoms with Crippen molar-refractivity contribution in [3.05, 3.63) is 11.8 Å². The van der Waals surface area contributed by atoms with Gasteiger partial charge in [-0.2, -0.15) is 0 Å². The third kappa shape index (κ3) is 2.78. The second kappa shape index (κ2) is 5.26. The Kier molecular flexibility index (Phi) is 3.72. The number of nitrogens with one attached hydrogen (secondary N) is 1. The number of aromatic nitrogens is 2. The lowest BCUT2D eigenvalue weighted by Crippen LogP contribution is -2.14. The molecule has 0 unspecified atom stereocenters. The molecule has 0 bridgehead atoms. The topological polar surface area (TPSA) is 51.0 Å². The van der Waals surface area contributed by atoms with E-state index in [1.54, 1.807) is 0 Å². The molecule has 1 aliphatic rings. The molecule has 0 aromatic carbocycles. The fraction of sp³-hybridized carbons (Fsp3) is 0.818. The third-order valence-electron chi connectivity index (χ3n) is 2.93. The van der Waals surface area contributed by atoms with Gasteiger partial charge in [-0.05, 0) is 32.4 Å². The maximum Gasteiger partial charge on any atom is 0.219 e. The highest BCUT2D eigenvalue weighted by Crippen LogP contribution is 2.35. The summed E-state index contributed by atoms with van der Waals surface area (Å²) in [5, 5.41) is 11.5. The summed E-state index contributed by atoms with van der Waals surface area (Å²) < 4.78 is 5.62. The summed E-state index contributed by atoms with van der Waals surface area (Å²) in [5.74, 6) is 2.22. The van der Waals surface area contributed by atoms with Crippen LogP contribution >= 0.6 is 0 Å². The molecule has 1 saturated carbocycles. The van der Waals surface area contributed by atoms with Crippen LogP contribution in [-0.2, 0) is 6.42 Å². The van der Waals surface area contributed by atoms with Gasteiger partial charge in [-0.25, -0.2) is 0 Å². The second-order valence-corrected chi connectivity index (χ2v) is 4.12. The minimum atomic E-state index is 0.556. The monoisotopic (exact) mass is 209 g/mol. The molecule has 1 aromatic rings. The van der Waals surface area contributed by atoms with Crippen LogP contribution in [-0.4, -0.2) is 23.3 Å². The van der Waals surface area contributed by atoms with Crippen LogP contribution in [0.15, 0.2) is 4.42 Å². The van der Waals surface area contributed by atoms with Crippen LogP contribution in [0, 0.1) is 0 Å². The van der Waals surface area contributed by atoms with Gasteiger partial charge in [0.15, 0.2) is 0 Å². The molecule has 0 saturated heterocycles. The normalized spacial score (nSPS) is 16.6. The average molecular weight is 209 g/mol. The summed E-state index contributed by atoms with van der Waals surface area (Å²) in [6, 6.07) is 0. The van der Waals surface area contributed by atoms with Gasteiger partial charge in [0.05, 0.1) is 0 Å². The zero-order valence-corrected chi connectivity index (χ0v) is 9.33. The second-order valence-electron chi connectivity index (χ2n) is 4.12. The summed E-state index contributed by atoms with van der Waals surface area (Å²) in [7, 11) is 0. The molecule has 15 heavy (non-hydrogen) atoms. The number of hydrogen-bond donors (Lipinski definition) is 1. The van der Waals surface area contributed by atoms with Crippen molar-refractivity contribution in [1.82, 2.24) is 15.5 Å². The van der Waals surface area contributed by atoms with Crippen LogP contribution in [0.3, 0.4) is 0 Å². The van der Waals surface area contributed by atoms with Crippen LogP contribution in [0.5, 0.6) is 0 Å². The van der Waals surface area contributed by atoms with Crippen LogP contribution in [0.1, 0.15) is 50.3 Å². The van der Waals surface area contributed by atoms with E-state index in [0.29, 0.717) is 5.92 Å². The highest BCUT2D eigenvalue weighted by molar-refractivity contribution is 4.96. The Bertz CT molecular complexity index is 294. The average Bonchev–Trinajstić information content (AvgIpc) is 2.58. The molecule has 1 aromatic heterocycles. The molecule has 0 radical (unpaired) electrons. The van der Waals surface area contributed by atoms with E-state index < -0.39 is 0 Å². The third-order valence-corrected chi connectivity index (χ3v) is 2.93. The van der Waals surface area contributed by atoms with Crippen LogP contribution < -0.4 is 5.32 Å². The SMILES string of the molecule is CCNCCCc1nnc(C2CCC2)o1.